The minimum absolute atomic E-state index is 0.0402. The fraction of sp³-hybridized carbons (Fsp3) is 0.600. The van der Waals surface area contributed by atoms with Gasteiger partial charge >= 0.3 is 0 Å². The SMILES string of the molecule is CCC(CC)N(C)CC(N)(CO)c1ccccc1. The van der Waals surface area contributed by atoms with E-state index in [9.17, 15) is 5.11 Å². The Labute approximate surface area is 111 Å². The molecule has 0 heterocycles. The van der Waals surface area contributed by atoms with Crippen molar-refractivity contribution in [3.05, 3.63) is 35.9 Å². The number of aliphatic hydroxyl groups excluding tert-OH is 1. The van der Waals surface area contributed by atoms with Crippen molar-refractivity contribution in [1.29, 1.82) is 0 Å². The maximum absolute atomic E-state index is 9.66. The Kier molecular flexibility index (Phi) is 5.79. The summed E-state index contributed by atoms with van der Waals surface area (Å²) in [7, 11) is 2.08. The molecule has 1 atom stereocenters. The molecule has 0 amide bonds. The number of rotatable bonds is 7. The van der Waals surface area contributed by atoms with E-state index in [4.69, 9.17) is 5.73 Å². The van der Waals surface area contributed by atoms with Crippen LogP contribution >= 0.6 is 0 Å². The van der Waals surface area contributed by atoms with Crippen molar-refractivity contribution in [2.45, 2.75) is 38.3 Å². The van der Waals surface area contributed by atoms with Gasteiger partial charge in [-0.15, -0.1) is 0 Å². The van der Waals surface area contributed by atoms with Crippen LogP contribution in [0.3, 0.4) is 0 Å². The van der Waals surface area contributed by atoms with E-state index >= 15 is 0 Å². The van der Waals surface area contributed by atoms with E-state index < -0.39 is 5.54 Å². The van der Waals surface area contributed by atoms with Crippen LogP contribution in [0.25, 0.3) is 0 Å². The molecule has 0 aliphatic rings. The van der Waals surface area contributed by atoms with Crippen molar-refractivity contribution in [2.75, 3.05) is 20.2 Å². The molecule has 0 aliphatic carbocycles. The molecular formula is C15H26N2O. The van der Waals surface area contributed by atoms with E-state index in [0.29, 0.717) is 12.6 Å². The maximum atomic E-state index is 9.66. The van der Waals surface area contributed by atoms with Crippen LogP contribution in [0.1, 0.15) is 32.3 Å². The van der Waals surface area contributed by atoms with Crippen LogP contribution in [-0.4, -0.2) is 36.2 Å². The highest BCUT2D eigenvalue weighted by atomic mass is 16.3. The van der Waals surface area contributed by atoms with Crippen molar-refractivity contribution in [3.8, 4) is 0 Å². The number of likely N-dealkylation sites (N-methyl/N-ethyl adjacent to an activating group) is 1. The van der Waals surface area contributed by atoms with E-state index in [-0.39, 0.29) is 6.61 Å². The van der Waals surface area contributed by atoms with Crippen molar-refractivity contribution in [1.82, 2.24) is 4.90 Å². The molecule has 102 valence electrons. The zero-order valence-electron chi connectivity index (χ0n) is 11.8. The van der Waals surface area contributed by atoms with E-state index in [0.717, 1.165) is 18.4 Å². The lowest BCUT2D eigenvalue weighted by atomic mass is 9.90. The molecule has 0 bridgehead atoms. The Balaban J connectivity index is 2.83. The minimum atomic E-state index is -0.682. The molecular weight excluding hydrogens is 224 g/mol. The van der Waals surface area contributed by atoms with Crippen LogP contribution in [0, 0.1) is 0 Å². The quantitative estimate of drug-likeness (QED) is 0.777. The summed E-state index contributed by atoms with van der Waals surface area (Å²) in [5.74, 6) is 0. The first-order chi connectivity index (χ1) is 8.57. The summed E-state index contributed by atoms with van der Waals surface area (Å²) < 4.78 is 0. The summed E-state index contributed by atoms with van der Waals surface area (Å²) >= 11 is 0. The van der Waals surface area contributed by atoms with Gasteiger partial charge in [0.25, 0.3) is 0 Å². The average Bonchev–Trinajstić information content (AvgIpc) is 2.41. The monoisotopic (exact) mass is 250 g/mol. The summed E-state index contributed by atoms with van der Waals surface area (Å²) in [5.41, 5.74) is 6.68. The molecule has 0 saturated carbocycles. The topological polar surface area (TPSA) is 49.5 Å². The van der Waals surface area contributed by atoms with Crippen molar-refractivity contribution < 1.29 is 5.11 Å². The second-order valence-corrected chi connectivity index (χ2v) is 5.07. The molecule has 1 aromatic rings. The van der Waals surface area contributed by atoms with Crippen LogP contribution in [0.5, 0.6) is 0 Å². The van der Waals surface area contributed by atoms with Crippen LogP contribution in [0.15, 0.2) is 30.3 Å². The molecule has 18 heavy (non-hydrogen) atoms. The van der Waals surface area contributed by atoms with Gasteiger partial charge in [0.1, 0.15) is 0 Å². The molecule has 1 unspecified atom stereocenters. The van der Waals surface area contributed by atoms with Gasteiger partial charge < -0.3 is 15.7 Å². The van der Waals surface area contributed by atoms with Crippen LogP contribution in [0.2, 0.25) is 0 Å². The third kappa shape index (κ3) is 3.55. The number of aliphatic hydroxyl groups is 1. The highest BCUT2D eigenvalue weighted by molar-refractivity contribution is 5.24. The molecule has 0 radical (unpaired) electrons. The largest absolute Gasteiger partial charge is 0.394 e. The van der Waals surface area contributed by atoms with Crippen molar-refractivity contribution in [2.24, 2.45) is 5.73 Å². The molecule has 0 aliphatic heterocycles. The van der Waals surface area contributed by atoms with E-state index in [1.165, 1.54) is 0 Å². The predicted octanol–water partition coefficient (Wildman–Crippen LogP) is 1.95. The molecule has 0 saturated heterocycles. The molecule has 3 N–H and O–H groups in total. The number of nitrogens with zero attached hydrogens (tertiary/aromatic N) is 1. The summed E-state index contributed by atoms with van der Waals surface area (Å²) in [6, 6.07) is 10.4. The first-order valence-corrected chi connectivity index (χ1v) is 6.73. The summed E-state index contributed by atoms with van der Waals surface area (Å²) in [6.45, 7) is 5.00. The summed E-state index contributed by atoms with van der Waals surface area (Å²) in [6.07, 6.45) is 2.20. The Morgan fingerprint density at radius 2 is 1.78 bits per heavy atom. The standard InChI is InChI=1S/C15H26N2O/c1-4-14(5-2)17(3)11-15(16,12-18)13-9-7-6-8-10-13/h6-10,14,18H,4-5,11-12,16H2,1-3H3. The normalized spacial score (nSPS) is 15.1. The second-order valence-electron chi connectivity index (χ2n) is 5.07. The third-order valence-corrected chi connectivity index (χ3v) is 3.73. The molecule has 0 spiro atoms. The van der Waals surface area contributed by atoms with Gasteiger partial charge in [0.15, 0.2) is 0 Å². The maximum Gasteiger partial charge on any atom is 0.0772 e. The molecule has 0 fully saturated rings. The van der Waals surface area contributed by atoms with Crippen molar-refractivity contribution in [3.63, 3.8) is 0 Å². The van der Waals surface area contributed by atoms with Gasteiger partial charge in [-0.3, -0.25) is 0 Å². The lowest BCUT2D eigenvalue weighted by Crippen LogP contribution is -2.51. The Morgan fingerprint density at radius 3 is 2.22 bits per heavy atom. The Morgan fingerprint density at radius 1 is 1.22 bits per heavy atom. The number of benzene rings is 1. The lowest BCUT2D eigenvalue weighted by Gasteiger charge is -2.36. The van der Waals surface area contributed by atoms with Gasteiger partial charge in [-0.1, -0.05) is 44.2 Å². The third-order valence-electron chi connectivity index (χ3n) is 3.73. The minimum Gasteiger partial charge on any atom is -0.394 e. The fourth-order valence-electron chi connectivity index (χ4n) is 2.49. The number of hydrogen-bond acceptors (Lipinski definition) is 3. The van der Waals surface area contributed by atoms with Crippen molar-refractivity contribution >= 4 is 0 Å². The van der Waals surface area contributed by atoms with E-state index in [1.54, 1.807) is 0 Å². The first-order valence-electron chi connectivity index (χ1n) is 6.73. The Bertz CT molecular complexity index is 338. The van der Waals surface area contributed by atoms with Crippen LogP contribution in [-0.2, 0) is 5.54 Å². The number of hydrogen-bond donors (Lipinski definition) is 2. The van der Waals surface area contributed by atoms with Crippen LogP contribution < -0.4 is 5.73 Å². The lowest BCUT2D eigenvalue weighted by molar-refractivity contribution is 0.122. The molecule has 1 aromatic carbocycles. The van der Waals surface area contributed by atoms with Gasteiger partial charge in [-0.2, -0.15) is 0 Å². The molecule has 3 nitrogen and oxygen atoms in total. The van der Waals surface area contributed by atoms with Gasteiger partial charge in [0, 0.05) is 12.6 Å². The van der Waals surface area contributed by atoms with Crippen LogP contribution in [0.4, 0.5) is 0 Å². The first kappa shape index (κ1) is 15.2. The molecule has 0 aromatic heterocycles. The van der Waals surface area contributed by atoms with E-state index in [2.05, 4.69) is 25.8 Å². The highest BCUT2D eigenvalue weighted by Gasteiger charge is 2.29. The predicted molar refractivity (Wildman–Crippen MR) is 76.4 cm³/mol. The summed E-state index contributed by atoms with van der Waals surface area (Å²) in [4.78, 5) is 2.25. The van der Waals surface area contributed by atoms with E-state index in [1.807, 2.05) is 30.3 Å². The van der Waals surface area contributed by atoms with Gasteiger partial charge in [0.2, 0.25) is 0 Å². The Hall–Kier alpha value is -0.900. The van der Waals surface area contributed by atoms with Gasteiger partial charge in [0.05, 0.1) is 12.1 Å². The molecule has 1 rings (SSSR count). The number of nitrogens with two attached hydrogens (primary N) is 1. The zero-order chi connectivity index (χ0) is 13.6. The fourth-order valence-corrected chi connectivity index (χ4v) is 2.49. The molecule has 3 heteroatoms. The highest BCUT2D eigenvalue weighted by Crippen LogP contribution is 2.20. The zero-order valence-corrected chi connectivity index (χ0v) is 11.8. The average molecular weight is 250 g/mol. The smallest absolute Gasteiger partial charge is 0.0772 e. The van der Waals surface area contributed by atoms with Gasteiger partial charge in [-0.05, 0) is 25.5 Å². The van der Waals surface area contributed by atoms with Gasteiger partial charge in [-0.25, -0.2) is 0 Å². The summed E-state index contributed by atoms with van der Waals surface area (Å²) in [5, 5.41) is 9.66. The second kappa shape index (κ2) is 6.88.